The van der Waals surface area contributed by atoms with Crippen LogP contribution in [0.2, 0.25) is 0 Å². The summed E-state index contributed by atoms with van der Waals surface area (Å²) in [6.45, 7) is 11.0. The lowest BCUT2D eigenvalue weighted by molar-refractivity contribution is -0.105. The van der Waals surface area contributed by atoms with Gasteiger partial charge in [-0.05, 0) is 60.8 Å². The molecule has 0 saturated heterocycles. The van der Waals surface area contributed by atoms with E-state index in [1.54, 1.807) is 0 Å². The summed E-state index contributed by atoms with van der Waals surface area (Å²) in [5.41, 5.74) is 3.41. The van der Waals surface area contributed by atoms with Crippen LogP contribution < -0.4 is 4.74 Å². The number of hydrogen-bond acceptors (Lipinski definition) is 2. The van der Waals surface area contributed by atoms with Crippen molar-refractivity contribution in [3.8, 4) is 5.75 Å². The molecule has 1 aromatic rings. The van der Waals surface area contributed by atoms with Crippen LogP contribution in [0.25, 0.3) is 0 Å². The Kier molecular flexibility index (Phi) is 3.47. The highest BCUT2D eigenvalue weighted by molar-refractivity contribution is 5.74. The first-order valence-electron chi connectivity index (χ1n) is 8.20. The molecular formula is C20H26O2. The molecule has 0 spiro atoms. The molecule has 0 saturated carbocycles. The van der Waals surface area contributed by atoms with Crippen LogP contribution in [0, 0.1) is 5.92 Å². The van der Waals surface area contributed by atoms with Crippen molar-refractivity contribution in [1.29, 1.82) is 0 Å². The highest BCUT2D eigenvalue weighted by Gasteiger charge is 2.44. The third kappa shape index (κ3) is 2.49. The van der Waals surface area contributed by atoms with Gasteiger partial charge in [-0.2, -0.15) is 0 Å². The highest BCUT2D eigenvalue weighted by Crippen LogP contribution is 2.51. The predicted molar refractivity (Wildman–Crippen MR) is 89.5 cm³/mol. The van der Waals surface area contributed by atoms with E-state index in [0.717, 1.165) is 30.5 Å². The zero-order valence-corrected chi connectivity index (χ0v) is 14.3. The Morgan fingerprint density at radius 1 is 1.27 bits per heavy atom. The van der Waals surface area contributed by atoms with Gasteiger partial charge in [0, 0.05) is 5.92 Å². The van der Waals surface area contributed by atoms with E-state index in [0.29, 0.717) is 11.8 Å². The molecule has 0 radical (unpaired) electrons. The van der Waals surface area contributed by atoms with Crippen molar-refractivity contribution in [2.75, 3.05) is 0 Å². The van der Waals surface area contributed by atoms with Crippen molar-refractivity contribution in [2.45, 2.75) is 64.4 Å². The number of fused-ring (bicyclic) bond motifs is 3. The van der Waals surface area contributed by atoms with Gasteiger partial charge in [-0.15, -0.1) is 0 Å². The van der Waals surface area contributed by atoms with E-state index in [1.807, 2.05) is 0 Å². The van der Waals surface area contributed by atoms with Crippen LogP contribution >= 0.6 is 0 Å². The lowest BCUT2D eigenvalue weighted by atomic mass is 9.67. The second-order valence-electron chi connectivity index (χ2n) is 8.26. The molecule has 0 bridgehead atoms. The average Bonchev–Trinajstić information content (AvgIpc) is 2.44. The van der Waals surface area contributed by atoms with E-state index >= 15 is 0 Å². The summed E-state index contributed by atoms with van der Waals surface area (Å²) in [6.07, 6.45) is 4.87. The van der Waals surface area contributed by atoms with Gasteiger partial charge in [0.15, 0.2) is 0 Å². The number of aldehydes is 1. The maximum Gasteiger partial charge on any atom is 0.145 e. The smallest absolute Gasteiger partial charge is 0.145 e. The fourth-order valence-electron chi connectivity index (χ4n) is 3.87. The van der Waals surface area contributed by atoms with E-state index < -0.39 is 0 Å². The lowest BCUT2D eigenvalue weighted by Gasteiger charge is -2.47. The summed E-state index contributed by atoms with van der Waals surface area (Å²) in [5.74, 6) is 1.83. The van der Waals surface area contributed by atoms with Gasteiger partial charge in [0.1, 0.15) is 17.6 Å². The van der Waals surface area contributed by atoms with Gasteiger partial charge in [0.05, 0.1) is 0 Å². The number of carbonyl (C=O) groups is 1. The maximum atomic E-state index is 11.2. The van der Waals surface area contributed by atoms with E-state index in [1.165, 1.54) is 11.1 Å². The molecule has 2 unspecified atom stereocenters. The molecule has 1 aliphatic heterocycles. The van der Waals surface area contributed by atoms with Crippen LogP contribution in [0.5, 0.6) is 5.75 Å². The quantitative estimate of drug-likeness (QED) is 0.698. The second kappa shape index (κ2) is 4.97. The largest absolute Gasteiger partial charge is 0.487 e. The van der Waals surface area contributed by atoms with Gasteiger partial charge in [-0.25, -0.2) is 0 Å². The van der Waals surface area contributed by atoms with Crippen molar-refractivity contribution >= 4 is 6.29 Å². The number of carbonyl (C=O) groups excluding carboxylic acids is 1. The second-order valence-corrected chi connectivity index (χ2v) is 8.26. The Morgan fingerprint density at radius 2 is 2.00 bits per heavy atom. The Labute approximate surface area is 133 Å². The van der Waals surface area contributed by atoms with Gasteiger partial charge < -0.3 is 4.74 Å². The van der Waals surface area contributed by atoms with Crippen LogP contribution in [0.15, 0.2) is 29.8 Å². The molecule has 1 aromatic carbocycles. The number of rotatable bonds is 1. The third-order valence-electron chi connectivity index (χ3n) is 5.27. The van der Waals surface area contributed by atoms with Crippen molar-refractivity contribution < 1.29 is 9.53 Å². The summed E-state index contributed by atoms with van der Waals surface area (Å²) in [7, 11) is 0. The minimum absolute atomic E-state index is 0.111. The molecule has 2 nitrogen and oxygen atoms in total. The predicted octanol–water partition coefficient (Wildman–Crippen LogP) is 4.77. The number of benzene rings is 1. The van der Waals surface area contributed by atoms with Crippen LogP contribution in [0.1, 0.15) is 64.5 Å². The van der Waals surface area contributed by atoms with Crippen LogP contribution in [0.3, 0.4) is 0 Å². The molecule has 2 atom stereocenters. The van der Waals surface area contributed by atoms with Gasteiger partial charge in [0.2, 0.25) is 0 Å². The summed E-state index contributed by atoms with van der Waals surface area (Å²) >= 11 is 0. The molecule has 118 valence electrons. The fourth-order valence-corrected chi connectivity index (χ4v) is 3.87. The van der Waals surface area contributed by atoms with E-state index in [2.05, 4.69) is 58.9 Å². The van der Waals surface area contributed by atoms with Crippen molar-refractivity contribution in [3.05, 3.63) is 41.0 Å². The Balaban J connectivity index is 2.07. The molecule has 3 rings (SSSR count). The molecule has 2 heteroatoms. The number of allylic oxidation sites excluding steroid dienone is 2. The standard InChI is InChI=1S/C20H26O2/c1-19(2,3)14-7-8-15-16-10-13(12-21)6-9-17(16)20(4,5)22-18(15)11-14/h6-8,11-12,16-17H,9-10H2,1-5H3. The minimum atomic E-state index is -0.195. The van der Waals surface area contributed by atoms with E-state index in [9.17, 15) is 4.79 Å². The normalized spacial score (nSPS) is 26.3. The van der Waals surface area contributed by atoms with E-state index in [4.69, 9.17) is 4.74 Å². The first-order chi connectivity index (χ1) is 10.2. The topological polar surface area (TPSA) is 26.3 Å². The molecular weight excluding hydrogens is 272 g/mol. The van der Waals surface area contributed by atoms with Gasteiger partial charge in [-0.1, -0.05) is 39.0 Å². The van der Waals surface area contributed by atoms with Crippen molar-refractivity contribution in [1.82, 2.24) is 0 Å². The minimum Gasteiger partial charge on any atom is -0.487 e. The van der Waals surface area contributed by atoms with Crippen molar-refractivity contribution in [3.63, 3.8) is 0 Å². The zero-order valence-electron chi connectivity index (χ0n) is 14.3. The highest BCUT2D eigenvalue weighted by atomic mass is 16.5. The van der Waals surface area contributed by atoms with Crippen LogP contribution in [-0.4, -0.2) is 11.9 Å². The van der Waals surface area contributed by atoms with Crippen LogP contribution in [-0.2, 0) is 10.2 Å². The fraction of sp³-hybridized carbons (Fsp3) is 0.550. The molecule has 22 heavy (non-hydrogen) atoms. The molecule has 0 fully saturated rings. The Bertz CT molecular complexity index is 632. The lowest BCUT2D eigenvalue weighted by Crippen LogP contribution is -2.45. The molecule has 0 amide bonds. The summed E-state index contributed by atoms with van der Waals surface area (Å²) in [6, 6.07) is 6.64. The summed E-state index contributed by atoms with van der Waals surface area (Å²) < 4.78 is 6.38. The maximum absolute atomic E-state index is 11.2. The van der Waals surface area contributed by atoms with Gasteiger partial charge in [-0.3, -0.25) is 4.79 Å². The molecule has 1 aliphatic carbocycles. The molecule has 0 aromatic heterocycles. The third-order valence-corrected chi connectivity index (χ3v) is 5.27. The first kappa shape index (κ1) is 15.3. The molecule has 1 heterocycles. The van der Waals surface area contributed by atoms with Crippen molar-refractivity contribution in [2.24, 2.45) is 5.92 Å². The van der Waals surface area contributed by atoms with Gasteiger partial charge in [0.25, 0.3) is 0 Å². The monoisotopic (exact) mass is 298 g/mol. The summed E-state index contributed by atoms with van der Waals surface area (Å²) in [5, 5.41) is 0. The van der Waals surface area contributed by atoms with Crippen LogP contribution in [0.4, 0.5) is 0 Å². The Morgan fingerprint density at radius 3 is 2.64 bits per heavy atom. The average molecular weight is 298 g/mol. The Hall–Kier alpha value is -1.57. The number of hydrogen-bond donors (Lipinski definition) is 0. The molecule has 2 aliphatic rings. The zero-order chi connectivity index (χ0) is 16.1. The number of ether oxygens (including phenoxy) is 1. The van der Waals surface area contributed by atoms with Gasteiger partial charge >= 0.3 is 0 Å². The SMILES string of the molecule is CC(C)(C)c1ccc2c(c1)OC(C)(C)C1CC=C(C=O)CC21. The summed E-state index contributed by atoms with van der Waals surface area (Å²) in [4.78, 5) is 11.2. The molecule has 0 N–H and O–H groups in total. The van der Waals surface area contributed by atoms with E-state index in [-0.39, 0.29) is 11.0 Å². The first-order valence-corrected chi connectivity index (χ1v) is 8.20.